The molecule has 1 amide bonds. The second-order valence-corrected chi connectivity index (χ2v) is 7.96. The molecule has 1 fully saturated rings. The van der Waals surface area contributed by atoms with Gasteiger partial charge in [0.25, 0.3) is 0 Å². The van der Waals surface area contributed by atoms with Crippen LogP contribution in [0.15, 0.2) is 51.8 Å². The summed E-state index contributed by atoms with van der Waals surface area (Å²) in [4.78, 5) is 16.4. The lowest BCUT2D eigenvalue weighted by Crippen LogP contribution is -2.40. The van der Waals surface area contributed by atoms with Crippen LogP contribution in [0.1, 0.15) is 41.5 Å². The number of nitrogens with zero attached hydrogens (tertiary/aromatic N) is 1. The topological polar surface area (TPSA) is 20.3 Å². The van der Waals surface area contributed by atoms with Crippen molar-refractivity contribution >= 4 is 33.6 Å². The molecule has 118 valence electrons. The fraction of sp³-hybridized carbons (Fsp3) is 0.316. The van der Waals surface area contributed by atoms with Crippen LogP contribution in [-0.4, -0.2) is 23.6 Å². The van der Waals surface area contributed by atoms with Crippen molar-refractivity contribution in [3.05, 3.63) is 63.6 Å². The third-order valence-electron chi connectivity index (χ3n) is 4.95. The van der Waals surface area contributed by atoms with E-state index >= 15 is 0 Å². The Labute approximate surface area is 149 Å². The van der Waals surface area contributed by atoms with Crippen molar-refractivity contribution in [1.29, 1.82) is 0 Å². The first kappa shape index (κ1) is 15.3. The molecule has 0 spiro atoms. The first-order chi connectivity index (χ1) is 11.2. The van der Waals surface area contributed by atoms with E-state index in [2.05, 4.69) is 69.6 Å². The molecule has 0 radical (unpaired) electrons. The van der Waals surface area contributed by atoms with Crippen LogP contribution in [0.5, 0.6) is 0 Å². The Morgan fingerprint density at radius 1 is 1.13 bits per heavy atom. The monoisotopic (exact) mass is 387 g/mol. The number of amides is 1. The Morgan fingerprint density at radius 3 is 2.65 bits per heavy atom. The number of halogens is 1. The number of rotatable bonds is 2. The van der Waals surface area contributed by atoms with E-state index in [4.69, 9.17) is 0 Å². The second-order valence-electron chi connectivity index (χ2n) is 6.17. The molecule has 2 aromatic carbocycles. The lowest BCUT2D eigenvalue weighted by atomic mass is 9.81. The zero-order chi connectivity index (χ0) is 16.0. The molecule has 0 aromatic heterocycles. The number of thioether (sulfide) groups is 1. The Hall–Kier alpha value is -1.26. The quantitative estimate of drug-likeness (QED) is 0.677. The molecular weight excluding hydrogens is 370 g/mol. The van der Waals surface area contributed by atoms with Gasteiger partial charge in [-0.15, -0.1) is 11.8 Å². The molecule has 2 aliphatic heterocycles. The van der Waals surface area contributed by atoms with E-state index in [0.29, 0.717) is 0 Å². The van der Waals surface area contributed by atoms with Gasteiger partial charge >= 0.3 is 0 Å². The summed E-state index contributed by atoms with van der Waals surface area (Å²) in [5.41, 5.74) is 3.59. The highest BCUT2D eigenvalue weighted by Crippen LogP contribution is 2.45. The Bertz CT molecular complexity index is 758. The van der Waals surface area contributed by atoms with Gasteiger partial charge in [-0.3, -0.25) is 4.79 Å². The van der Waals surface area contributed by atoms with E-state index in [-0.39, 0.29) is 17.9 Å². The summed E-state index contributed by atoms with van der Waals surface area (Å²) >= 11 is 5.32. The number of carbonyl (C=O) groups is 1. The van der Waals surface area contributed by atoms with Gasteiger partial charge in [-0.2, -0.15) is 0 Å². The molecule has 0 bridgehead atoms. The van der Waals surface area contributed by atoms with E-state index in [0.717, 1.165) is 29.4 Å². The van der Waals surface area contributed by atoms with Crippen LogP contribution in [0.4, 0.5) is 0 Å². The van der Waals surface area contributed by atoms with Crippen molar-refractivity contribution in [3.63, 3.8) is 0 Å². The zero-order valence-corrected chi connectivity index (χ0v) is 15.4. The maximum atomic E-state index is 13.1. The van der Waals surface area contributed by atoms with Gasteiger partial charge in [0, 0.05) is 15.9 Å². The maximum Gasteiger partial charge on any atom is 0.235 e. The molecule has 0 aliphatic carbocycles. The molecule has 2 atom stereocenters. The molecule has 2 aliphatic rings. The van der Waals surface area contributed by atoms with E-state index < -0.39 is 0 Å². The first-order valence-corrected chi connectivity index (χ1v) is 9.94. The Morgan fingerprint density at radius 2 is 1.91 bits per heavy atom. The van der Waals surface area contributed by atoms with Gasteiger partial charge in [-0.05, 0) is 60.1 Å². The summed E-state index contributed by atoms with van der Waals surface area (Å²) in [5.74, 6) is 0.0996. The van der Waals surface area contributed by atoms with E-state index in [1.54, 1.807) is 11.8 Å². The third kappa shape index (κ3) is 2.52. The van der Waals surface area contributed by atoms with Crippen LogP contribution in [-0.2, 0) is 4.79 Å². The molecule has 0 unspecified atom stereocenters. The lowest BCUT2D eigenvalue weighted by molar-refractivity contribution is -0.133. The molecule has 4 rings (SSSR count). The van der Waals surface area contributed by atoms with Gasteiger partial charge in [-0.25, -0.2) is 0 Å². The summed E-state index contributed by atoms with van der Waals surface area (Å²) in [5, 5.41) is 0. The highest BCUT2D eigenvalue weighted by molar-refractivity contribution is 9.10. The van der Waals surface area contributed by atoms with Gasteiger partial charge in [-0.1, -0.05) is 34.1 Å². The van der Waals surface area contributed by atoms with Gasteiger partial charge in [0.2, 0.25) is 5.91 Å². The predicted molar refractivity (Wildman–Crippen MR) is 97.9 cm³/mol. The van der Waals surface area contributed by atoms with Crippen LogP contribution in [0.25, 0.3) is 0 Å². The molecule has 0 saturated carbocycles. The number of hydrogen-bond acceptors (Lipinski definition) is 2. The molecule has 0 N–H and O–H groups in total. The van der Waals surface area contributed by atoms with Crippen molar-refractivity contribution < 1.29 is 4.79 Å². The van der Waals surface area contributed by atoms with Gasteiger partial charge < -0.3 is 4.90 Å². The first-order valence-electron chi connectivity index (χ1n) is 7.93. The van der Waals surface area contributed by atoms with Gasteiger partial charge in [0.1, 0.15) is 0 Å². The average Bonchev–Trinajstić information content (AvgIpc) is 3.06. The minimum Gasteiger partial charge on any atom is -0.335 e. The van der Waals surface area contributed by atoms with Crippen molar-refractivity contribution in [1.82, 2.24) is 4.90 Å². The van der Waals surface area contributed by atoms with Crippen LogP contribution >= 0.6 is 27.7 Å². The summed E-state index contributed by atoms with van der Waals surface area (Å²) in [7, 11) is 0. The van der Waals surface area contributed by atoms with Crippen molar-refractivity contribution in [2.45, 2.75) is 29.7 Å². The smallest absolute Gasteiger partial charge is 0.235 e. The largest absolute Gasteiger partial charge is 0.335 e. The Balaban J connectivity index is 1.85. The number of fused-ring (bicyclic) bond motifs is 3. The molecule has 2 aromatic rings. The SMILES string of the molecule is CSc1ccc([C@@H]2C(=O)N3CCC[C@@H]3c3cc(Br)ccc32)cc1. The lowest BCUT2D eigenvalue weighted by Gasteiger charge is -2.37. The van der Waals surface area contributed by atoms with Crippen molar-refractivity contribution in [3.8, 4) is 0 Å². The maximum absolute atomic E-state index is 13.1. The number of carbonyl (C=O) groups excluding carboxylic acids is 1. The normalized spacial score (nSPS) is 22.9. The number of hydrogen-bond donors (Lipinski definition) is 0. The van der Waals surface area contributed by atoms with Gasteiger partial charge in [0.15, 0.2) is 0 Å². The fourth-order valence-corrected chi connectivity index (χ4v) is 4.66. The number of benzene rings is 2. The summed E-state index contributed by atoms with van der Waals surface area (Å²) in [6.45, 7) is 0.884. The molecule has 4 heteroatoms. The minimum absolute atomic E-state index is 0.164. The van der Waals surface area contributed by atoms with Crippen LogP contribution < -0.4 is 0 Å². The van der Waals surface area contributed by atoms with E-state index in [1.807, 2.05) is 0 Å². The van der Waals surface area contributed by atoms with Crippen LogP contribution in [0.3, 0.4) is 0 Å². The van der Waals surface area contributed by atoms with Gasteiger partial charge in [0.05, 0.1) is 12.0 Å². The Kier molecular flexibility index (Phi) is 3.98. The van der Waals surface area contributed by atoms with Crippen LogP contribution in [0, 0.1) is 0 Å². The molecule has 23 heavy (non-hydrogen) atoms. The zero-order valence-electron chi connectivity index (χ0n) is 13.0. The van der Waals surface area contributed by atoms with Crippen molar-refractivity contribution in [2.75, 3.05) is 12.8 Å². The fourth-order valence-electron chi connectivity index (χ4n) is 3.87. The minimum atomic E-state index is -0.164. The van der Waals surface area contributed by atoms with E-state index in [9.17, 15) is 4.79 Å². The highest BCUT2D eigenvalue weighted by atomic mass is 79.9. The van der Waals surface area contributed by atoms with Crippen LogP contribution in [0.2, 0.25) is 0 Å². The summed E-state index contributed by atoms with van der Waals surface area (Å²) in [6.07, 6.45) is 4.25. The summed E-state index contributed by atoms with van der Waals surface area (Å²) in [6, 6.07) is 15.1. The van der Waals surface area contributed by atoms with E-state index in [1.165, 1.54) is 16.0 Å². The standard InChI is InChI=1S/C19H18BrNOS/c1-23-14-7-4-12(5-8-14)18-15-9-6-13(20)11-16(15)17-3-2-10-21(17)19(18)22/h4-9,11,17-18H,2-3,10H2,1H3/t17-,18+/m1/s1. The third-order valence-corrected chi connectivity index (χ3v) is 6.19. The second kappa shape index (κ2) is 5.99. The van der Waals surface area contributed by atoms with Crippen molar-refractivity contribution in [2.24, 2.45) is 0 Å². The molecule has 2 nitrogen and oxygen atoms in total. The summed E-state index contributed by atoms with van der Waals surface area (Å²) < 4.78 is 1.09. The average molecular weight is 388 g/mol. The predicted octanol–water partition coefficient (Wildman–Crippen LogP) is 4.98. The molecular formula is C19H18BrNOS. The molecule has 2 heterocycles. The molecule has 1 saturated heterocycles. The highest BCUT2D eigenvalue weighted by Gasteiger charge is 2.42.